The standard InChI is InChI=1S/C11H23N3O/c1-8(12)7-14-10(15)6-9(13(14)5)11(2,3)4/h8-9H,6-7,12H2,1-5H3. The zero-order valence-corrected chi connectivity index (χ0v) is 10.4. The summed E-state index contributed by atoms with van der Waals surface area (Å²) < 4.78 is 0. The van der Waals surface area contributed by atoms with Gasteiger partial charge in [-0.2, -0.15) is 0 Å². The number of amides is 1. The lowest BCUT2D eigenvalue weighted by Crippen LogP contribution is -2.47. The number of rotatable bonds is 2. The molecule has 4 nitrogen and oxygen atoms in total. The van der Waals surface area contributed by atoms with E-state index in [9.17, 15) is 4.79 Å². The average molecular weight is 213 g/mol. The molecule has 0 spiro atoms. The van der Waals surface area contributed by atoms with E-state index in [0.29, 0.717) is 13.0 Å². The molecule has 0 aromatic carbocycles. The van der Waals surface area contributed by atoms with Gasteiger partial charge in [0.25, 0.3) is 0 Å². The molecule has 4 heteroatoms. The summed E-state index contributed by atoms with van der Waals surface area (Å²) in [6.07, 6.45) is 0.604. The Hall–Kier alpha value is -0.610. The van der Waals surface area contributed by atoms with Crippen LogP contribution in [0, 0.1) is 5.41 Å². The molecule has 1 heterocycles. The molecule has 15 heavy (non-hydrogen) atoms. The van der Waals surface area contributed by atoms with Crippen molar-refractivity contribution < 1.29 is 4.79 Å². The summed E-state index contributed by atoms with van der Waals surface area (Å²) in [5.41, 5.74) is 5.85. The first-order chi connectivity index (χ1) is 6.73. The molecule has 2 N–H and O–H groups in total. The van der Waals surface area contributed by atoms with Gasteiger partial charge in [-0.25, -0.2) is 5.01 Å². The van der Waals surface area contributed by atoms with Gasteiger partial charge in [0.2, 0.25) is 5.91 Å². The number of carbonyl (C=O) groups is 1. The van der Waals surface area contributed by atoms with Crippen LogP contribution < -0.4 is 5.73 Å². The molecule has 0 aliphatic carbocycles. The lowest BCUT2D eigenvalue weighted by Gasteiger charge is -2.35. The van der Waals surface area contributed by atoms with Crippen LogP contribution in [0.2, 0.25) is 0 Å². The molecule has 0 bridgehead atoms. The van der Waals surface area contributed by atoms with Crippen LogP contribution in [0.25, 0.3) is 0 Å². The van der Waals surface area contributed by atoms with Gasteiger partial charge in [0.1, 0.15) is 0 Å². The summed E-state index contributed by atoms with van der Waals surface area (Å²) in [6, 6.07) is 0.305. The second-order valence-electron chi connectivity index (χ2n) is 5.61. The maximum Gasteiger partial charge on any atom is 0.238 e. The van der Waals surface area contributed by atoms with Crippen molar-refractivity contribution in [3.8, 4) is 0 Å². The average Bonchev–Trinajstić information content (AvgIpc) is 2.30. The molecular formula is C11H23N3O. The summed E-state index contributed by atoms with van der Waals surface area (Å²) in [6.45, 7) is 9.03. The summed E-state index contributed by atoms with van der Waals surface area (Å²) in [5, 5.41) is 3.83. The van der Waals surface area contributed by atoms with Crippen LogP contribution in [0.1, 0.15) is 34.1 Å². The maximum atomic E-state index is 11.8. The minimum atomic E-state index is 0.0233. The van der Waals surface area contributed by atoms with Gasteiger partial charge in [-0.05, 0) is 12.3 Å². The van der Waals surface area contributed by atoms with E-state index in [1.54, 1.807) is 5.01 Å². The van der Waals surface area contributed by atoms with Gasteiger partial charge >= 0.3 is 0 Å². The van der Waals surface area contributed by atoms with Gasteiger partial charge in [-0.15, -0.1) is 0 Å². The number of hydrogen-bond donors (Lipinski definition) is 1. The molecule has 0 aromatic rings. The van der Waals surface area contributed by atoms with Gasteiger partial charge in [0.15, 0.2) is 0 Å². The molecular weight excluding hydrogens is 190 g/mol. The van der Waals surface area contributed by atoms with E-state index < -0.39 is 0 Å². The third-order valence-corrected chi connectivity index (χ3v) is 2.95. The number of hydrazine groups is 1. The van der Waals surface area contributed by atoms with Crippen molar-refractivity contribution in [2.75, 3.05) is 13.6 Å². The molecule has 1 amide bonds. The van der Waals surface area contributed by atoms with E-state index in [-0.39, 0.29) is 23.4 Å². The van der Waals surface area contributed by atoms with Crippen molar-refractivity contribution in [1.29, 1.82) is 0 Å². The molecule has 2 atom stereocenters. The fraction of sp³-hybridized carbons (Fsp3) is 0.909. The summed E-state index contributed by atoms with van der Waals surface area (Å²) >= 11 is 0. The van der Waals surface area contributed by atoms with E-state index in [4.69, 9.17) is 5.73 Å². The summed E-state index contributed by atoms with van der Waals surface area (Å²) in [5.74, 6) is 0.190. The second-order valence-corrected chi connectivity index (χ2v) is 5.61. The Morgan fingerprint density at radius 2 is 2.07 bits per heavy atom. The zero-order valence-electron chi connectivity index (χ0n) is 10.4. The lowest BCUT2D eigenvalue weighted by atomic mass is 9.85. The normalized spacial score (nSPS) is 26.1. The SMILES string of the molecule is CC(N)CN1C(=O)CC(C(C)(C)C)N1C. The van der Waals surface area contributed by atoms with Gasteiger partial charge < -0.3 is 5.73 Å². The number of nitrogens with two attached hydrogens (primary N) is 1. The van der Waals surface area contributed by atoms with E-state index >= 15 is 0 Å². The Morgan fingerprint density at radius 3 is 2.40 bits per heavy atom. The van der Waals surface area contributed by atoms with Crippen molar-refractivity contribution >= 4 is 5.91 Å². The fourth-order valence-electron chi connectivity index (χ4n) is 2.12. The van der Waals surface area contributed by atoms with Crippen molar-refractivity contribution in [2.45, 2.75) is 46.2 Å². The third kappa shape index (κ3) is 2.69. The van der Waals surface area contributed by atoms with Crippen LogP contribution in [0.15, 0.2) is 0 Å². The van der Waals surface area contributed by atoms with Crippen molar-refractivity contribution in [2.24, 2.45) is 11.1 Å². The number of hydrogen-bond acceptors (Lipinski definition) is 3. The Bertz CT molecular complexity index is 245. The molecule has 88 valence electrons. The highest BCUT2D eigenvalue weighted by Crippen LogP contribution is 2.32. The summed E-state index contributed by atoms with van der Waals surface area (Å²) in [4.78, 5) is 11.8. The highest BCUT2D eigenvalue weighted by atomic mass is 16.2. The van der Waals surface area contributed by atoms with Gasteiger partial charge in [-0.1, -0.05) is 20.8 Å². The molecule has 1 fully saturated rings. The van der Waals surface area contributed by atoms with Crippen LogP contribution in [0.3, 0.4) is 0 Å². The molecule has 0 saturated carbocycles. The maximum absolute atomic E-state index is 11.8. The molecule has 1 aliphatic rings. The first-order valence-corrected chi connectivity index (χ1v) is 5.52. The summed E-state index contributed by atoms with van der Waals surface area (Å²) in [7, 11) is 1.98. The van der Waals surface area contributed by atoms with Gasteiger partial charge in [-0.3, -0.25) is 9.80 Å². The Morgan fingerprint density at radius 1 is 1.53 bits per heavy atom. The first kappa shape index (κ1) is 12.5. The van der Waals surface area contributed by atoms with Crippen LogP contribution in [-0.4, -0.2) is 41.6 Å². The minimum absolute atomic E-state index is 0.0233. The molecule has 1 saturated heterocycles. The topological polar surface area (TPSA) is 49.6 Å². The molecule has 1 rings (SSSR count). The predicted octanol–water partition coefficient (Wildman–Crippen LogP) is 0.827. The monoisotopic (exact) mass is 213 g/mol. The number of carbonyl (C=O) groups excluding carboxylic acids is 1. The highest BCUT2D eigenvalue weighted by Gasteiger charge is 2.41. The van der Waals surface area contributed by atoms with E-state index in [0.717, 1.165) is 0 Å². The highest BCUT2D eigenvalue weighted by molar-refractivity contribution is 5.78. The van der Waals surface area contributed by atoms with Crippen LogP contribution in [0.5, 0.6) is 0 Å². The van der Waals surface area contributed by atoms with Crippen molar-refractivity contribution in [3.05, 3.63) is 0 Å². The van der Waals surface area contributed by atoms with Crippen molar-refractivity contribution in [1.82, 2.24) is 10.0 Å². The largest absolute Gasteiger partial charge is 0.326 e. The predicted molar refractivity (Wildman–Crippen MR) is 61.0 cm³/mol. The zero-order chi connectivity index (χ0) is 11.8. The quantitative estimate of drug-likeness (QED) is 0.739. The van der Waals surface area contributed by atoms with Gasteiger partial charge in [0, 0.05) is 25.6 Å². The Labute approximate surface area is 92.4 Å². The third-order valence-electron chi connectivity index (χ3n) is 2.95. The molecule has 2 unspecified atom stereocenters. The van der Waals surface area contributed by atoms with Crippen LogP contribution >= 0.6 is 0 Å². The smallest absolute Gasteiger partial charge is 0.238 e. The van der Waals surface area contributed by atoms with Crippen molar-refractivity contribution in [3.63, 3.8) is 0 Å². The molecule has 0 radical (unpaired) electrons. The Balaban J connectivity index is 2.75. The van der Waals surface area contributed by atoms with Crippen LogP contribution in [-0.2, 0) is 4.79 Å². The number of nitrogens with zero attached hydrogens (tertiary/aromatic N) is 2. The molecule has 0 aromatic heterocycles. The fourth-order valence-corrected chi connectivity index (χ4v) is 2.12. The molecule has 1 aliphatic heterocycles. The van der Waals surface area contributed by atoms with Gasteiger partial charge in [0.05, 0.1) is 6.54 Å². The van der Waals surface area contributed by atoms with E-state index in [2.05, 4.69) is 20.8 Å². The second kappa shape index (κ2) is 4.10. The van der Waals surface area contributed by atoms with E-state index in [1.807, 2.05) is 19.0 Å². The first-order valence-electron chi connectivity index (χ1n) is 5.52. The Kier molecular flexibility index (Phi) is 3.41. The minimum Gasteiger partial charge on any atom is -0.326 e. The van der Waals surface area contributed by atoms with E-state index in [1.165, 1.54) is 0 Å². The lowest BCUT2D eigenvalue weighted by molar-refractivity contribution is -0.138. The van der Waals surface area contributed by atoms with Crippen LogP contribution in [0.4, 0.5) is 0 Å².